The summed E-state index contributed by atoms with van der Waals surface area (Å²) in [6.45, 7) is 4.52. The van der Waals surface area contributed by atoms with Crippen molar-refractivity contribution >= 4 is 11.5 Å². The van der Waals surface area contributed by atoms with Gasteiger partial charge in [-0.25, -0.2) is 4.98 Å². The van der Waals surface area contributed by atoms with Gasteiger partial charge in [0.05, 0.1) is 11.7 Å². The zero-order valence-corrected chi connectivity index (χ0v) is 13.4. The summed E-state index contributed by atoms with van der Waals surface area (Å²) in [4.78, 5) is 6.51. The van der Waals surface area contributed by atoms with Gasteiger partial charge in [-0.2, -0.15) is 0 Å². The highest BCUT2D eigenvalue weighted by Crippen LogP contribution is 2.29. The Kier molecular flexibility index (Phi) is 5.20. The minimum atomic E-state index is 0.300. The molecule has 0 saturated heterocycles. The van der Waals surface area contributed by atoms with E-state index in [0.717, 1.165) is 17.9 Å². The van der Waals surface area contributed by atoms with Crippen molar-refractivity contribution in [3.63, 3.8) is 0 Å². The third-order valence-electron chi connectivity index (χ3n) is 3.45. The Labute approximate surface area is 128 Å². The molecule has 1 atom stereocenters. The number of nitrogens with zero attached hydrogens (tertiary/aromatic N) is 2. The minimum absolute atomic E-state index is 0.300. The number of nitrogens with one attached hydrogen (secondary N) is 1. The number of benzene rings is 1. The summed E-state index contributed by atoms with van der Waals surface area (Å²) >= 11 is 0. The van der Waals surface area contributed by atoms with Crippen molar-refractivity contribution in [3.8, 4) is 0 Å². The lowest BCUT2D eigenvalue weighted by Crippen LogP contribution is -2.18. The smallest absolute Gasteiger partial charge is 0.151 e. The highest BCUT2D eigenvalue weighted by Gasteiger charge is 2.15. The summed E-state index contributed by atoms with van der Waals surface area (Å²) in [6.07, 6.45) is 2.92. The summed E-state index contributed by atoms with van der Waals surface area (Å²) in [5.74, 6) is 1.60. The van der Waals surface area contributed by atoms with Gasteiger partial charge in [0, 0.05) is 20.3 Å². The summed E-state index contributed by atoms with van der Waals surface area (Å²) in [5, 5.41) is 3.67. The van der Waals surface area contributed by atoms with E-state index in [9.17, 15) is 0 Å². The first kappa shape index (κ1) is 15.4. The second-order valence-corrected chi connectivity index (χ2v) is 6.01. The normalized spacial score (nSPS) is 12.2. The average Bonchev–Trinajstić information content (AvgIpc) is 2.47. The lowest BCUT2D eigenvalue weighted by atomic mass is 9.97. The van der Waals surface area contributed by atoms with E-state index in [0.29, 0.717) is 12.0 Å². The average molecular weight is 283 g/mol. The predicted octanol–water partition coefficient (Wildman–Crippen LogP) is 4.35. The van der Waals surface area contributed by atoms with Crippen LogP contribution < -0.4 is 10.2 Å². The number of anilines is 2. The van der Waals surface area contributed by atoms with Gasteiger partial charge in [0.25, 0.3) is 0 Å². The van der Waals surface area contributed by atoms with Crippen LogP contribution in [0.5, 0.6) is 0 Å². The minimum Gasteiger partial charge on any atom is -0.375 e. The number of rotatable bonds is 6. The van der Waals surface area contributed by atoms with Crippen LogP contribution in [0.25, 0.3) is 0 Å². The molecule has 1 heterocycles. The quantitative estimate of drug-likeness (QED) is 0.854. The van der Waals surface area contributed by atoms with Gasteiger partial charge in [-0.3, -0.25) is 0 Å². The van der Waals surface area contributed by atoms with E-state index in [1.165, 1.54) is 5.56 Å². The van der Waals surface area contributed by atoms with E-state index in [4.69, 9.17) is 0 Å². The van der Waals surface area contributed by atoms with Gasteiger partial charge < -0.3 is 10.2 Å². The van der Waals surface area contributed by atoms with Gasteiger partial charge in [-0.05, 0) is 30.0 Å². The Morgan fingerprint density at radius 3 is 2.38 bits per heavy atom. The molecule has 0 fully saturated rings. The maximum atomic E-state index is 4.47. The second kappa shape index (κ2) is 7.11. The van der Waals surface area contributed by atoms with Crippen molar-refractivity contribution in [2.45, 2.75) is 26.3 Å². The maximum absolute atomic E-state index is 4.47. The zero-order valence-electron chi connectivity index (χ0n) is 13.4. The summed E-state index contributed by atoms with van der Waals surface area (Å²) in [7, 11) is 4.04. The summed E-state index contributed by atoms with van der Waals surface area (Å²) in [5.41, 5.74) is 2.40. The number of aromatic nitrogens is 1. The van der Waals surface area contributed by atoms with E-state index in [1.807, 2.05) is 31.3 Å². The molecule has 0 spiro atoms. The number of pyridine rings is 1. The topological polar surface area (TPSA) is 28.2 Å². The van der Waals surface area contributed by atoms with Crippen LogP contribution in [0.3, 0.4) is 0 Å². The molecule has 0 radical (unpaired) electrons. The summed E-state index contributed by atoms with van der Waals surface area (Å²) in [6, 6.07) is 15.0. The lowest BCUT2D eigenvalue weighted by molar-refractivity contribution is 0.531. The van der Waals surface area contributed by atoms with Crippen molar-refractivity contribution in [2.24, 2.45) is 5.92 Å². The molecule has 0 saturated carbocycles. The van der Waals surface area contributed by atoms with Gasteiger partial charge in [0.1, 0.15) is 0 Å². The molecular formula is C18H25N3. The molecule has 1 aromatic heterocycles. The molecule has 3 nitrogen and oxygen atoms in total. The Morgan fingerprint density at radius 1 is 1.05 bits per heavy atom. The predicted molar refractivity (Wildman–Crippen MR) is 90.8 cm³/mol. The zero-order chi connectivity index (χ0) is 15.2. The Hall–Kier alpha value is -2.03. The molecule has 0 aliphatic rings. The molecule has 1 unspecified atom stereocenters. The van der Waals surface area contributed by atoms with Crippen LogP contribution in [0.1, 0.15) is 31.9 Å². The number of hydrogen-bond donors (Lipinski definition) is 1. The SMILES string of the molecule is CC(C)CC(Nc1cccnc1N(C)C)c1ccccc1. The highest BCUT2D eigenvalue weighted by molar-refractivity contribution is 5.65. The van der Waals surface area contributed by atoms with Gasteiger partial charge in [0.15, 0.2) is 5.82 Å². The molecule has 112 valence electrons. The van der Waals surface area contributed by atoms with Crippen LogP contribution >= 0.6 is 0 Å². The third-order valence-corrected chi connectivity index (χ3v) is 3.45. The standard InChI is InChI=1S/C18H25N3/c1-14(2)13-17(15-9-6-5-7-10-15)20-16-11-8-12-19-18(16)21(3)4/h5-12,14,17,20H,13H2,1-4H3. The van der Waals surface area contributed by atoms with Crippen LogP contribution in [0.2, 0.25) is 0 Å². The maximum Gasteiger partial charge on any atom is 0.151 e. The van der Waals surface area contributed by atoms with E-state index in [-0.39, 0.29) is 0 Å². The molecule has 2 aromatic rings. The van der Waals surface area contributed by atoms with Crippen LogP contribution in [0.4, 0.5) is 11.5 Å². The Morgan fingerprint density at radius 2 is 1.76 bits per heavy atom. The van der Waals surface area contributed by atoms with Crippen molar-refractivity contribution in [1.29, 1.82) is 0 Å². The van der Waals surface area contributed by atoms with Crippen molar-refractivity contribution in [2.75, 3.05) is 24.3 Å². The van der Waals surface area contributed by atoms with E-state index >= 15 is 0 Å². The van der Waals surface area contributed by atoms with E-state index in [2.05, 4.69) is 60.5 Å². The van der Waals surface area contributed by atoms with Crippen LogP contribution in [-0.2, 0) is 0 Å². The van der Waals surface area contributed by atoms with Gasteiger partial charge >= 0.3 is 0 Å². The van der Waals surface area contributed by atoms with E-state index < -0.39 is 0 Å². The van der Waals surface area contributed by atoms with Crippen molar-refractivity contribution in [1.82, 2.24) is 4.98 Å². The fraction of sp³-hybridized carbons (Fsp3) is 0.389. The first-order chi connectivity index (χ1) is 10.1. The first-order valence-corrected chi connectivity index (χ1v) is 7.51. The summed E-state index contributed by atoms with van der Waals surface area (Å²) < 4.78 is 0. The van der Waals surface area contributed by atoms with Crippen molar-refractivity contribution < 1.29 is 0 Å². The molecule has 21 heavy (non-hydrogen) atoms. The molecule has 3 heteroatoms. The van der Waals surface area contributed by atoms with Gasteiger partial charge in [-0.15, -0.1) is 0 Å². The third kappa shape index (κ3) is 4.22. The van der Waals surface area contributed by atoms with Gasteiger partial charge in [-0.1, -0.05) is 44.2 Å². The fourth-order valence-corrected chi connectivity index (χ4v) is 2.49. The monoisotopic (exact) mass is 283 g/mol. The molecule has 1 N–H and O–H groups in total. The van der Waals surface area contributed by atoms with Crippen LogP contribution in [0, 0.1) is 5.92 Å². The van der Waals surface area contributed by atoms with Crippen LogP contribution in [-0.4, -0.2) is 19.1 Å². The number of hydrogen-bond acceptors (Lipinski definition) is 3. The Balaban J connectivity index is 2.27. The largest absolute Gasteiger partial charge is 0.375 e. The molecule has 2 rings (SSSR count). The first-order valence-electron chi connectivity index (χ1n) is 7.51. The molecule has 0 bridgehead atoms. The van der Waals surface area contributed by atoms with E-state index in [1.54, 1.807) is 0 Å². The van der Waals surface area contributed by atoms with Crippen molar-refractivity contribution in [3.05, 3.63) is 54.2 Å². The highest BCUT2D eigenvalue weighted by atomic mass is 15.2. The second-order valence-electron chi connectivity index (χ2n) is 6.01. The fourth-order valence-electron chi connectivity index (χ4n) is 2.49. The molecule has 0 aliphatic heterocycles. The molecule has 0 aliphatic carbocycles. The molecule has 0 amide bonds. The molecule has 1 aromatic carbocycles. The van der Waals surface area contributed by atoms with Crippen LogP contribution in [0.15, 0.2) is 48.7 Å². The Bertz CT molecular complexity index is 549. The molecular weight excluding hydrogens is 258 g/mol. The van der Waals surface area contributed by atoms with Gasteiger partial charge in [0.2, 0.25) is 0 Å². The lowest BCUT2D eigenvalue weighted by Gasteiger charge is -2.25.